The lowest BCUT2D eigenvalue weighted by molar-refractivity contribution is -0.141. The second-order valence-corrected chi connectivity index (χ2v) is 9.26. The van der Waals surface area contributed by atoms with Gasteiger partial charge in [0.1, 0.15) is 0 Å². The second-order valence-electron chi connectivity index (χ2n) is 6.49. The highest BCUT2D eigenvalue weighted by Crippen LogP contribution is 2.24. The third kappa shape index (κ3) is 5.65. The van der Waals surface area contributed by atoms with E-state index in [0.717, 1.165) is 4.47 Å². The molecule has 0 bridgehead atoms. The summed E-state index contributed by atoms with van der Waals surface area (Å²) in [6, 6.07) is 9.52. The van der Waals surface area contributed by atoms with Gasteiger partial charge < -0.3 is 10.1 Å². The van der Waals surface area contributed by atoms with E-state index in [2.05, 4.69) is 26.0 Å². The number of aryl methyl sites for hydroxylation is 1. The highest BCUT2D eigenvalue weighted by atomic mass is 79.9. The Kier molecular flexibility index (Phi) is 7.56. The van der Waals surface area contributed by atoms with Crippen LogP contribution in [0.2, 0.25) is 0 Å². The van der Waals surface area contributed by atoms with Crippen LogP contribution in [0, 0.1) is 13.8 Å². The van der Waals surface area contributed by atoms with Crippen molar-refractivity contribution in [1.29, 1.82) is 0 Å². The summed E-state index contributed by atoms with van der Waals surface area (Å²) in [5.41, 5.74) is 2.13. The minimum absolute atomic E-state index is 0.0390. The van der Waals surface area contributed by atoms with Crippen LogP contribution in [0.1, 0.15) is 39.5 Å². The van der Waals surface area contributed by atoms with Crippen molar-refractivity contribution in [3.05, 3.63) is 63.1 Å². The average Bonchev–Trinajstić information content (AvgIpc) is 2.68. The van der Waals surface area contributed by atoms with E-state index < -0.39 is 27.9 Å². The zero-order chi connectivity index (χ0) is 21.8. The van der Waals surface area contributed by atoms with Crippen molar-refractivity contribution in [3.63, 3.8) is 0 Å². The van der Waals surface area contributed by atoms with E-state index in [9.17, 15) is 18.0 Å². The Labute approximate surface area is 179 Å². The van der Waals surface area contributed by atoms with Crippen molar-refractivity contribution in [3.8, 4) is 0 Å². The second kappa shape index (κ2) is 9.51. The summed E-state index contributed by atoms with van der Waals surface area (Å²) in [5, 5.41) is 2.81. The molecule has 0 heterocycles. The van der Waals surface area contributed by atoms with E-state index in [4.69, 9.17) is 4.74 Å². The zero-order valence-corrected chi connectivity index (χ0v) is 19.0. The van der Waals surface area contributed by atoms with Gasteiger partial charge in [0.05, 0.1) is 24.5 Å². The predicted octanol–water partition coefficient (Wildman–Crippen LogP) is 3.01. The summed E-state index contributed by atoms with van der Waals surface area (Å²) >= 11 is 3.38. The normalized spacial score (nSPS) is 12.3. The van der Waals surface area contributed by atoms with Crippen LogP contribution in [0.25, 0.3) is 0 Å². The summed E-state index contributed by atoms with van der Waals surface area (Å²) < 4.78 is 32.4. The first-order valence-electron chi connectivity index (χ1n) is 8.77. The van der Waals surface area contributed by atoms with E-state index in [1.54, 1.807) is 38.1 Å². The molecule has 0 aromatic heterocycles. The fourth-order valence-electron chi connectivity index (χ4n) is 2.81. The summed E-state index contributed by atoms with van der Waals surface area (Å²) in [6.07, 6.45) is -0.0643. The van der Waals surface area contributed by atoms with Gasteiger partial charge in [-0.15, -0.1) is 0 Å². The molecular formula is C20H23BrN2O5S. The molecule has 7 nitrogen and oxygen atoms in total. The van der Waals surface area contributed by atoms with Crippen molar-refractivity contribution in [2.24, 2.45) is 0 Å². The number of amides is 1. The molecule has 0 aliphatic rings. The van der Waals surface area contributed by atoms with Crippen LogP contribution in [0.3, 0.4) is 0 Å². The van der Waals surface area contributed by atoms with Crippen LogP contribution >= 0.6 is 15.9 Å². The molecule has 2 aromatic rings. The highest BCUT2D eigenvalue weighted by molar-refractivity contribution is 9.10. The first-order chi connectivity index (χ1) is 13.6. The van der Waals surface area contributed by atoms with Crippen molar-refractivity contribution in [1.82, 2.24) is 10.0 Å². The summed E-state index contributed by atoms with van der Waals surface area (Å²) in [5.74, 6) is -0.969. The number of halogens is 1. The van der Waals surface area contributed by atoms with Crippen LogP contribution in [0.15, 0.2) is 45.8 Å². The third-order valence-electron chi connectivity index (χ3n) is 4.59. The van der Waals surface area contributed by atoms with Gasteiger partial charge in [0.15, 0.2) is 0 Å². The molecule has 0 radical (unpaired) electrons. The Morgan fingerprint density at radius 1 is 1.17 bits per heavy atom. The standard InChI is InChI=1S/C20H23BrN2O5S/c1-12-8-15(10-18(13(12)2)29(26,27)22-3)20(25)23-17(11-19(24)28-4)14-6-5-7-16(21)9-14/h5-10,17,22H,11H2,1-4H3,(H,23,25). The molecule has 0 spiro atoms. The predicted molar refractivity (Wildman–Crippen MR) is 113 cm³/mol. The van der Waals surface area contributed by atoms with Crippen LogP contribution in [-0.4, -0.2) is 34.5 Å². The van der Waals surface area contributed by atoms with Gasteiger partial charge >= 0.3 is 5.97 Å². The number of rotatable bonds is 7. The summed E-state index contributed by atoms with van der Waals surface area (Å²) in [6.45, 7) is 3.42. The maximum atomic E-state index is 12.9. The smallest absolute Gasteiger partial charge is 0.307 e. The molecule has 1 atom stereocenters. The minimum Gasteiger partial charge on any atom is -0.469 e. The quantitative estimate of drug-likeness (QED) is 0.590. The number of benzene rings is 2. The summed E-state index contributed by atoms with van der Waals surface area (Å²) in [4.78, 5) is 24.8. The number of ether oxygens (including phenoxy) is 1. The lowest BCUT2D eigenvalue weighted by atomic mass is 10.0. The molecular weight excluding hydrogens is 460 g/mol. The largest absolute Gasteiger partial charge is 0.469 e. The van der Waals surface area contributed by atoms with E-state index in [1.807, 2.05) is 6.07 Å². The van der Waals surface area contributed by atoms with Crippen molar-refractivity contribution in [2.45, 2.75) is 31.2 Å². The van der Waals surface area contributed by atoms with Crippen molar-refractivity contribution < 1.29 is 22.7 Å². The maximum absolute atomic E-state index is 12.9. The molecule has 156 valence electrons. The van der Waals surface area contributed by atoms with Gasteiger partial charge in [-0.05, 0) is 61.9 Å². The Morgan fingerprint density at radius 3 is 2.45 bits per heavy atom. The van der Waals surface area contributed by atoms with Gasteiger partial charge in [-0.3, -0.25) is 9.59 Å². The average molecular weight is 483 g/mol. The van der Waals surface area contributed by atoms with E-state index in [0.29, 0.717) is 16.7 Å². The summed E-state index contributed by atoms with van der Waals surface area (Å²) in [7, 11) is -1.13. The van der Waals surface area contributed by atoms with Crippen LogP contribution < -0.4 is 10.0 Å². The highest BCUT2D eigenvalue weighted by Gasteiger charge is 2.23. The first-order valence-corrected chi connectivity index (χ1v) is 11.0. The monoisotopic (exact) mass is 482 g/mol. The molecule has 29 heavy (non-hydrogen) atoms. The lowest BCUT2D eigenvalue weighted by Crippen LogP contribution is -2.31. The van der Waals surface area contributed by atoms with Gasteiger partial charge in [-0.1, -0.05) is 28.1 Å². The van der Waals surface area contributed by atoms with E-state index >= 15 is 0 Å². The number of carbonyl (C=O) groups excluding carboxylic acids is 2. The Bertz CT molecular complexity index is 1040. The van der Waals surface area contributed by atoms with Gasteiger partial charge in [0.25, 0.3) is 5.91 Å². The third-order valence-corrected chi connectivity index (χ3v) is 6.63. The fraction of sp³-hybridized carbons (Fsp3) is 0.300. The Balaban J connectivity index is 2.42. The molecule has 0 aliphatic heterocycles. The number of hydrogen-bond donors (Lipinski definition) is 2. The van der Waals surface area contributed by atoms with Crippen LogP contribution in [-0.2, 0) is 19.6 Å². The number of hydrogen-bond acceptors (Lipinski definition) is 5. The van der Waals surface area contributed by atoms with E-state index in [-0.39, 0.29) is 16.9 Å². The molecule has 0 aliphatic carbocycles. The number of sulfonamides is 1. The van der Waals surface area contributed by atoms with Crippen LogP contribution in [0.4, 0.5) is 0 Å². The van der Waals surface area contributed by atoms with Gasteiger partial charge in [-0.25, -0.2) is 13.1 Å². The van der Waals surface area contributed by atoms with Gasteiger partial charge in [0, 0.05) is 10.0 Å². The first kappa shape index (κ1) is 23.1. The van der Waals surface area contributed by atoms with Crippen molar-refractivity contribution >= 4 is 37.8 Å². The molecule has 2 aromatic carbocycles. The SMILES string of the molecule is CNS(=O)(=O)c1cc(C(=O)NC(CC(=O)OC)c2cccc(Br)c2)cc(C)c1C. The Hall–Kier alpha value is -2.23. The number of nitrogens with one attached hydrogen (secondary N) is 2. The number of methoxy groups -OCH3 is 1. The van der Waals surface area contributed by atoms with Crippen molar-refractivity contribution in [2.75, 3.05) is 14.2 Å². The fourth-order valence-corrected chi connectivity index (χ4v) is 4.30. The molecule has 9 heteroatoms. The Morgan fingerprint density at radius 2 is 1.86 bits per heavy atom. The topological polar surface area (TPSA) is 102 Å². The zero-order valence-electron chi connectivity index (χ0n) is 16.6. The molecule has 1 amide bonds. The van der Waals surface area contributed by atoms with Gasteiger partial charge in [0.2, 0.25) is 10.0 Å². The number of carbonyl (C=O) groups is 2. The molecule has 0 saturated carbocycles. The molecule has 2 rings (SSSR count). The lowest BCUT2D eigenvalue weighted by Gasteiger charge is -2.19. The minimum atomic E-state index is -3.73. The van der Waals surface area contributed by atoms with Gasteiger partial charge in [-0.2, -0.15) is 0 Å². The van der Waals surface area contributed by atoms with E-state index in [1.165, 1.54) is 20.2 Å². The number of esters is 1. The van der Waals surface area contributed by atoms with Crippen LogP contribution in [0.5, 0.6) is 0 Å². The maximum Gasteiger partial charge on any atom is 0.307 e. The molecule has 0 saturated heterocycles. The molecule has 0 fully saturated rings. The molecule has 2 N–H and O–H groups in total. The molecule has 1 unspecified atom stereocenters.